The Bertz CT molecular complexity index is 827. The van der Waals surface area contributed by atoms with Crippen molar-refractivity contribution in [2.75, 3.05) is 14.1 Å². The van der Waals surface area contributed by atoms with E-state index in [1.807, 2.05) is 44.2 Å². The van der Waals surface area contributed by atoms with E-state index >= 15 is 0 Å². The number of carbonyl (C=O) groups excluding carboxylic acids is 4. The summed E-state index contributed by atoms with van der Waals surface area (Å²) in [6.07, 6.45) is 4.79. The number of nitrogens with one attached hydrogen (secondary N) is 2. The number of nitrogens with zero attached hydrogens (tertiary/aromatic N) is 1. The lowest BCUT2D eigenvalue weighted by molar-refractivity contribution is -0.134. The normalized spacial score (nSPS) is 24.8. The molecular weight excluding hydrogens is 446 g/mol. The summed E-state index contributed by atoms with van der Waals surface area (Å²) in [6.45, 7) is 3.91. The molecule has 2 rings (SSSR count). The number of aldehydes is 1. The Hall–Kier alpha value is -2.90. The van der Waals surface area contributed by atoms with Crippen molar-refractivity contribution in [2.45, 2.75) is 83.4 Å². The molecule has 2 unspecified atom stereocenters. The molecule has 8 heteroatoms. The van der Waals surface area contributed by atoms with Crippen molar-refractivity contribution < 1.29 is 23.9 Å². The van der Waals surface area contributed by atoms with Gasteiger partial charge in [0, 0.05) is 26.4 Å². The topological polar surface area (TPSA) is 105 Å². The number of rotatable bonds is 6. The molecule has 0 saturated carbocycles. The SMILES string of the molecule is CC(C)C[C@@H]1NC(=O)OC(Cc2ccccc2)CCCCCC(C(=O)N(C)C)C[C@H](C=O)NC1=O. The number of hydrogen-bond acceptors (Lipinski definition) is 5. The molecule has 0 radical (unpaired) electrons. The highest BCUT2D eigenvalue weighted by molar-refractivity contribution is 5.88. The molecule has 0 spiro atoms. The Kier molecular flexibility index (Phi) is 11.7. The monoisotopic (exact) mass is 487 g/mol. The van der Waals surface area contributed by atoms with E-state index in [1.54, 1.807) is 14.1 Å². The molecule has 1 saturated heterocycles. The van der Waals surface area contributed by atoms with E-state index in [9.17, 15) is 19.2 Å². The number of ether oxygens (including phenoxy) is 1. The Morgan fingerprint density at radius 1 is 1.09 bits per heavy atom. The highest BCUT2D eigenvalue weighted by Gasteiger charge is 2.29. The lowest BCUT2D eigenvalue weighted by Gasteiger charge is -2.25. The van der Waals surface area contributed by atoms with Crippen LogP contribution in [0.15, 0.2) is 30.3 Å². The minimum Gasteiger partial charge on any atom is -0.446 e. The first-order valence-electron chi connectivity index (χ1n) is 12.7. The van der Waals surface area contributed by atoms with Gasteiger partial charge in [-0.05, 0) is 43.6 Å². The van der Waals surface area contributed by atoms with Gasteiger partial charge in [0.1, 0.15) is 18.4 Å². The Labute approximate surface area is 209 Å². The molecule has 0 bridgehead atoms. The van der Waals surface area contributed by atoms with Crippen LogP contribution in [0.4, 0.5) is 4.79 Å². The number of cyclic esters (lactones) is 1. The molecule has 194 valence electrons. The molecule has 4 atom stereocenters. The van der Waals surface area contributed by atoms with Crippen LogP contribution in [0, 0.1) is 11.8 Å². The van der Waals surface area contributed by atoms with Crippen LogP contribution in [-0.4, -0.2) is 61.4 Å². The summed E-state index contributed by atoms with van der Waals surface area (Å²) in [6, 6.07) is 8.22. The number of carbonyl (C=O) groups is 4. The molecule has 1 heterocycles. The van der Waals surface area contributed by atoms with Crippen molar-refractivity contribution in [3.05, 3.63) is 35.9 Å². The molecular formula is C27H41N3O5. The Morgan fingerprint density at radius 3 is 2.40 bits per heavy atom. The third-order valence-electron chi connectivity index (χ3n) is 6.29. The second-order valence-electron chi connectivity index (χ2n) is 10.1. The average molecular weight is 488 g/mol. The van der Waals surface area contributed by atoms with Crippen molar-refractivity contribution in [2.24, 2.45) is 11.8 Å². The first-order valence-corrected chi connectivity index (χ1v) is 12.7. The van der Waals surface area contributed by atoms with Crippen LogP contribution in [0.2, 0.25) is 0 Å². The molecule has 1 fully saturated rings. The lowest BCUT2D eigenvalue weighted by atomic mass is 9.92. The smallest absolute Gasteiger partial charge is 0.408 e. The van der Waals surface area contributed by atoms with E-state index in [1.165, 1.54) is 4.90 Å². The minimum atomic E-state index is -0.838. The van der Waals surface area contributed by atoms with Gasteiger partial charge in [0.15, 0.2) is 0 Å². The van der Waals surface area contributed by atoms with Gasteiger partial charge in [0.05, 0.1) is 6.04 Å². The van der Waals surface area contributed by atoms with Crippen LogP contribution < -0.4 is 10.6 Å². The van der Waals surface area contributed by atoms with Crippen molar-refractivity contribution in [1.29, 1.82) is 0 Å². The summed E-state index contributed by atoms with van der Waals surface area (Å²) >= 11 is 0. The van der Waals surface area contributed by atoms with Crippen LogP contribution in [0.25, 0.3) is 0 Å². The second kappa shape index (κ2) is 14.5. The van der Waals surface area contributed by atoms with Crippen LogP contribution in [0.3, 0.4) is 0 Å². The summed E-state index contributed by atoms with van der Waals surface area (Å²) in [7, 11) is 3.40. The predicted octanol–water partition coefficient (Wildman–Crippen LogP) is 3.48. The fourth-order valence-electron chi connectivity index (χ4n) is 4.50. The third kappa shape index (κ3) is 10.1. The molecule has 3 amide bonds. The molecule has 1 aromatic carbocycles. The summed E-state index contributed by atoms with van der Waals surface area (Å²) in [4.78, 5) is 51.9. The number of benzene rings is 1. The standard InChI is InChI=1S/C27H41N3O5/c1-19(2)15-24-25(32)28-22(18-31)17-21(26(33)30(3)4)13-9-6-10-14-23(35-27(34)29-24)16-20-11-7-5-8-12-20/h5,7-8,11-12,18-19,21-24H,6,9-10,13-17H2,1-4H3,(H,28,32)(H,29,34)/t21?,22-,23?,24+/m1/s1. The van der Waals surface area contributed by atoms with E-state index in [0.717, 1.165) is 24.8 Å². The molecule has 0 aliphatic carbocycles. The maximum atomic E-state index is 13.0. The maximum Gasteiger partial charge on any atom is 0.408 e. The van der Waals surface area contributed by atoms with Gasteiger partial charge < -0.3 is 25.1 Å². The van der Waals surface area contributed by atoms with Crippen molar-refractivity contribution >= 4 is 24.2 Å². The fourth-order valence-corrected chi connectivity index (χ4v) is 4.50. The molecule has 1 aliphatic heterocycles. The van der Waals surface area contributed by atoms with Gasteiger partial charge in [0.25, 0.3) is 0 Å². The zero-order valence-electron chi connectivity index (χ0n) is 21.5. The first kappa shape index (κ1) is 28.3. The molecule has 0 aromatic heterocycles. The van der Waals surface area contributed by atoms with Gasteiger partial charge in [-0.1, -0.05) is 57.0 Å². The van der Waals surface area contributed by atoms with Gasteiger partial charge in [-0.3, -0.25) is 9.59 Å². The highest BCUT2D eigenvalue weighted by Crippen LogP contribution is 2.21. The molecule has 1 aromatic rings. The van der Waals surface area contributed by atoms with Crippen LogP contribution >= 0.6 is 0 Å². The molecule has 8 nitrogen and oxygen atoms in total. The van der Waals surface area contributed by atoms with E-state index in [2.05, 4.69) is 10.6 Å². The zero-order chi connectivity index (χ0) is 25.8. The van der Waals surface area contributed by atoms with Gasteiger partial charge in [-0.25, -0.2) is 4.79 Å². The van der Waals surface area contributed by atoms with E-state index in [0.29, 0.717) is 32.0 Å². The predicted molar refractivity (Wildman–Crippen MR) is 135 cm³/mol. The van der Waals surface area contributed by atoms with Crippen molar-refractivity contribution in [1.82, 2.24) is 15.5 Å². The molecule has 35 heavy (non-hydrogen) atoms. The maximum absolute atomic E-state index is 13.0. The van der Waals surface area contributed by atoms with Crippen LogP contribution in [-0.2, 0) is 25.5 Å². The average Bonchev–Trinajstić information content (AvgIpc) is 2.81. The first-order chi connectivity index (χ1) is 16.7. The number of alkyl carbamates (subject to hydrolysis) is 1. The van der Waals surface area contributed by atoms with E-state index < -0.39 is 24.1 Å². The summed E-state index contributed by atoms with van der Waals surface area (Å²) in [5.41, 5.74) is 1.07. The van der Waals surface area contributed by atoms with Gasteiger partial charge in [-0.2, -0.15) is 0 Å². The van der Waals surface area contributed by atoms with Gasteiger partial charge in [0.2, 0.25) is 11.8 Å². The highest BCUT2D eigenvalue weighted by atomic mass is 16.6. The largest absolute Gasteiger partial charge is 0.446 e. The van der Waals surface area contributed by atoms with Crippen LogP contribution in [0.5, 0.6) is 0 Å². The summed E-state index contributed by atoms with van der Waals surface area (Å²) < 4.78 is 5.77. The third-order valence-corrected chi connectivity index (χ3v) is 6.29. The quantitative estimate of drug-likeness (QED) is 0.598. The number of hydrogen-bond donors (Lipinski definition) is 2. The van der Waals surface area contributed by atoms with Crippen molar-refractivity contribution in [3.63, 3.8) is 0 Å². The Balaban J connectivity index is 2.24. The lowest BCUT2D eigenvalue weighted by Crippen LogP contribution is -2.51. The zero-order valence-corrected chi connectivity index (χ0v) is 21.5. The molecule has 2 N–H and O–H groups in total. The number of amides is 3. The molecule has 1 aliphatic rings. The summed E-state index contributed by atoms with van der Waals surface area (Å²) in [5, 5.41) is 5.45. The van der Waals surface area contributed by atoms with Crippen LogP contribution in [0.1, 0.15) is 64.4 Å². The van der Waals surface area contributed by atoms with Crippen molar-refractivity contribution in [3.8, 4) is 0 Å². The fraction of sp³-hybridized carbons (Fsp3) is 0.630. The second-order valence-corrected chi connectivity index (χ2v) is 10.1. The van der Waals surface area contributed by atoms with E-state index in [4.69, 9.17) is 4.74 Å². The van der Waals surface area contributed by atoms with Gasteiger partial charge >= 0.3 is 6.09 Å². The minimum absolute atomic E-state index is 0.0484. The van der Waals surface area contributed by atoms with E-state index in [-0.39, 0.29) is 30.3 Å². The Morgan fingerprint density at radius 2 is 1.77 bits per heavy atom. The van der Waals surface area contributed by atoms with Gasteiger partial charge in [-0.15, -0.1) is 0 Å². The summed E-state index contributed by atoms with van der Waals surface area (Å²) in [5.74, 6) is -0.725.